The number of imidazole rings is 1. The number of aryl methyl sites for hydroxylation is 1. The number of nitrogen functional groups attached to an aromatic ring is 1. The van der Waals surface area contributed by atoms with Crippen LogP contribution < -0.4 is 20.9 Å². The van der Waals surface area contributed by atoms with Crippen molar-refractivity contribution in [2.45, 2.75) is 39.3 Å². The number of benzene rings is 2. The van der Waals surface area contributed by atoms with E-state index in [1.165, 1.54) is 5.56 Å². The maximum atomic E-state index is 13.3. The lowest BCUT2D eigenvalue weighted by molar-refractivity contribution is -0.117. The van der Waals surface area contributed by atoms with Crippen molar-refractivity contribution in [1.82, 2.24) is 29.7 Å². The molecule has 234 valence electrons. The van der Waals surface area contributed by atoms with Crippen molar-refractivity contribution in [2.75, 3.05) is 41.8 Å². The molecule has 0 radical (unpaired) electrons. The number of nitrogens with zero attached hydrogens (tertiary/aromatic N) is 7. The number of ether oxygens (including phenoxy) is 1. The van der Waals surface area contributed by atoms with Gasteiger partial charge in [-0.15, -0.1) is 0 Å². The molecule has 1 atom stereocenters. The third kappa shape index (κ3) is 5.74. The molecule has 2 aromatic carbocycles. The fourth-order valence-electron chi connectivity index (χ4n) is 6.19. The van der Waals surface area contributed by atoms with E-state index in [1.807, 2.05) is 27.6 Å². The molecule has 2 amide bonds. The summed E-state index contributed by atoms with van der Waals surface area (Å²) in [5.41, 5.74) is 13.3. The molecule has 2 aliphatic heterocycles. The first-order valence-electron chi connectivity index (χ1n) is 15.4. The number of anilines is 3. The number of morpholine rings is 1. The Hall–Kier alpha value is -5.36. The molecular formula is C34H35N9O3. The molecule has 2 aliphatic rings. The number of aromatic nitrogens is 5. The van der Waals surface area contributed by atoms with Gasteiger partial charge >= 0.3 is 0 Å². The lowest BCUT2D eigenvalue weighted by atomic mass is 9.93. The number of hydrogen-bond acceptors (Lipinski definition) is 9. The van der Waals surface area contributed by atoms with E-state index < -0.39 is 0 Å². The molecule has 1 fully saturated rings. The Morgan fingerprint density at radius 2 is 1.72 bits per heavy atom. The average Bonchev–Trinajstić information content (AvgIpc) is 3.52. The van der Waals surface area contributed by atoms with Crippen molar-refractivity contribution in [3.63, 3.8) is 0 Å². The molecule has 0 saturated carbocycles. The molecule has 0 aliphatic carbocycles. The number of amides is 2. The highest BCUT2D eigenvalue weighted by molar-refractivity contribution is 5.94. The van der Waals surface area contributed by atoms with Crippen LogP contribution in [0.2, 0.25) is 0 Å². The normalized spacial score (nSPS) is 16.3. The minimum absolute atomic E-state index is 0.0727. The van der Waals surface area contributed by atoms with E-state index in [0.29, 0.717) is 61.3 Å². The molecule has 0 bridgehead atoms. The van der Waals surface area contributed by atoms with Crippen LogP contribution in [0.4, 0.5) is 17.5 Å². The van der Waals surface area contributed by atoms with Crippen molar-refractivity contribution >= 4 is 34.9 Å². The van der Waals surface area contributed by atoms with E-state index >= 15 is 0 Å². The van der Waals surface area contributed by atoms with Gasteiger partial charge in [-0.3, -0.25) is 9.59 Å². The summed E-state index contributed by atoms with van der Waals surface area (Å²) in [6.07, 6.45) is 8.68. The quantitative estimate of drug-likeness (QED) is 0.290. The Balaban J connectivity index is 1.08. The van der Waals surface area contributed by atoms with Gasteiger partial charge in [-0.1, -0.05) is 30.3 Å². The fourth-order valence-corrected chi connectivity index (χ4v) is 6.19. The third-order valence-corrected chi connectivity index (χ3v) is 8.62. The summed E-state index contributed by atoms with van der Waals surface area (Å²) in [5, 5.41) is 3.01. The zero-order chi connectivity index (χ0) is 31.8. The van der Waals surface area contributed by atoms with E-state index in [1.54, 1.807) is 25.5 Å². The van der Waals surface area contributed by atoms with Crippen LogP contribution in [0, 0.1) is 0 Å². The molecule has 1 saturated heterocycles. The van der Waals surface area contributed by atoms with E-state index in [0.717, 1.165) is 35.2 Å². The van der Waals surface area contributed by atoms with Gasteiger partial charge in [0.2, 0.25) is 11.9 Å². The van der Waals surface area contributed by atoms with Crippen LogP contribution in [0.25, 0.3) is 28.0 Å². The Bertz CT molecular complexity index is 1920. The summed E-state index contributed by atoms with van der Waals surface area (Å²) >= 11 is 0. The minimum atomic E-state index is -0.281. The van der Waals surface area contributed by atoms with Gasteiger partial charge in [-0.25, -0.2) is 19.9 Å². The smallest absolute Gasteiger partial charge is 0.271 e. The number of rotatable bonds is 6. The summed E-state index contributed by atoms with van der Waals surface area (Å²) in [6.45, 7) is 6.57. The lowest BCUT2D eigenvalue weighted by Crippen LogP contribution is -2.40. The van der Waals surface area contributed by atoms with Crippen LogP contribution >= 0.6 is 0 Å². The first kappa shape index (κ1) is 29.4. The summed E-state index contributed by atoms with van der Waals surface area (Å²) in [7, 11) is 0. The number of nitrogens with two attached hydrogens (primary N) is 1. The first-order valence-corrected chi connectivity index (χ1v) is 15.4. The molecule has 3 N–H and O–H groups in total. The zero-order valence-corrected chi connectivity index (χ0v) is 25.8. The predicted molar refractivity (Wildman–Crippen MR) is 175 cm³/mol. The van der Waals surface area contributed by atoms with E-state index in [9.17, 15) is 9.59 Å². The highest BCUT2D eigenvalue weighted by Gasteiger charge is 2.26. The Kier molecular flexibility index (Phi) is 7.79. The summed E-state index contributed by atoms with van der Waals surface area (Å²) in [5.74, 6) is 0.642. The highest BCUT2D eigenvalue weighted by Crippen LogP contribution is 2.34. The fraction of sp³-hybridized carbons (Fsp3) is 0.294. The average molecular weight is 618 g/mol. The van der Waals surface area contributed by atoms with Crippen molar-refractivity contribution in [1.29, 1.82) is 0 Å². The monoisotopic (exact) mass is 617 g/mol. The molecule has 7 rings (SSSR count). The topological polar surface area (TPSA) is 144 Å². The highest BCUT2D eigenvalue weighted by atomic mass is 16.5. The number of carbonyl (C=O) groups is 2. The predicted octanol–water partition coefficient (Wildman–Crippen LogP) is 3.89. The lowest BCUT2D eigenvalue weighted by Gasteiger charge is -2.34. The zero-order valence-electron chi connectivity index (χ0n) is 25.8. The molecule has 46 heavy (non-hydrogen) atoms. The second-order valence-electron chi connectivity index (χ2n) is 11.7. The van der Waals surface area contributed by atoms with E-state index in [2.05, 4.69) is 62.4 Å². The van der Waals surface area contributed by atoms with Gasteiger partial charge in [0, 0.05) is 68.6 Å². The van der Waals surface area contributed by atoms with Gasteiger partial charge in [0.05, 0.1) is 18.9 Å². The van der Waals surface area contributed by atoms with Crippen LogP contribution in [0.1, 0.15) is 41.9 Å². The van der Waals surface area contributed by atoms with Crippen LogP contribution in [0.15, 0.2) is 67.3 Å². The van der Waals surface area contributed by atoms with Gasteiger partial charge in [0.15, 0.2) is 11.5 Å². The summed E-state index contributed by atoms with van der Waals surface area (Å²) in [4.78, 5) is 47.3. The Morgan fingerprint density at radius 1 is 0.978 bits per heavy atom. The van der Waals surface area contributed by atoms with Crippen LogP contribution in [-0.2, 0) is 22.5 Å². The van der Waals surface area contributed by atoms with E-state index in [-0.39, 0.29) is 23.8 Å². The van der Waals surface area contributed by atoms with E-state index in [4.69, 9.17) is 15.5 Å². The Labute approximate surface area is 266 Å². The molecule has 3 aromatic heterocycles. The van der Waals surface area contributed by atoms with Gasteiger partial charge in [0.1, 0.15) is 5.69 Å². The minimum Gasteiger partial charge on any atom is -0.378 e. The maximum absolute atomic E-state index is 13.3. The van der Waals surface area contributed by atoms with Gasteiger partial charge in [0.25, 0.3) is 5.91 Å². The van der Waals surface area contributed by atoms with Gasteiger partial charge in [-0.2, -0.15) is 0 Å². The van der Waals surface area contributed by atoms with Gasteiger partial charge in [-0.05, 0) is 54.2 Å². The number of fused-ring (bicyclic) bond motifs is 2. The summed E-state index contributed by atoms with van der Waals surface area (Å²) < 4.78 is 7.36. The molecule has 1 unspecified atom stereocenters. The van der Waals surface area contributed by atoms with Crippen molar-refractivity contribution in [3.05, 3.63) is 84.1 Å². The van der Waals surface area contributed by atoms with Crippen molar-refractivity contribution in [3.8, 4) is 22.4 Å². The standard InChI is InChI=1S/C34H35N9O3/c1-21-3-6-26-15-25(9-10-30(26)43(21)22(2)44)24-7-4-23(5-8-24)16-36-33(45)29-20-42-19-28(27-17-37-34(35)38-18-27)39-31(32(42)40-29)41-11-13-46-14-12-41/h4-5,7-10,15,17-21H,3,6,11-14,16H2,1-2H3,(H,36,45)(H2,35,37,38). The second-order valence-corrected chi connectivity index (χ2v) is 11.7. The third-order valence-electron chi connectivity index (χ3n) is 8.62. The number of hydrogen-bond donors (Lipinski definition) is 2. The second kappa shape index (κ2) is 12.2. The number of nitrogens with one attached hydrogen (secondary N) is 1. The SMILES string of the molecule is CC(=O)N1c2ccc(-c3ccc(CNC(=O)c4cn5cc(-c6cnc(N)nc6)nc(N6CCOCC6)c5n4)cc3)cc2CCC1C. The summed E-state index contributed by atoms with van der Waals surface area (Å²) in [6, 6.07) is 14.7. The largest absolute Gasteiger partial charge is 0.378 e. The molecule has 0 spiro atoms. The molecule has 5 heterocycles. The van der Waals surface area contributed by atoms with Crippen LogP contribution in [-0.4, -0.2) is 68.5 Å². The number of carbonyl (C=O) groups excluding carboxylic acids is 2. The molecular weight excluding hydrogens is 582 g/mol. The van der Waals surface area contributed by atoms with Crippen LogP contribution in [0.3, 0.4) is 0 Å². The molecule has 12 nitrogen and oxygen atoms in total. The maximum Gasteiger partial charge on any atom is 0.271 e. The van der Waals surface area contributed by atoms with Crippen molar-refractivity contribution in [2.24, 2.45) is 0 Å². The molecule has 5 aromatic rings. The van der Waals surface area contributed by atoms with Gasteiger partial charge < -0.3 is 30.0 Å². The first-order chi connectivity index (χ1) is 22.3. The van der Waals surface area contributed by atoms with Crippen LogP contribution in [0.5, 0.6) is 0 Å². The molecule has 12 heteroatoms. The van der Waals surface area contributed by atoms with Crippen molar-refractivity contribution < 1.29 is 14.3 Å². The Morgan fingerprint density at radius 3 is 2.46 bits per heavy atom.